The Bertz CT molecular complexity index is 1100. The lowest BCUT2D eigenvalue weighted by atomic mass is 10.2. The number of rotatable bonds is 8. The Morgan fingerprint density at radius 3 is 2.67 bits per heavy atom. The SMILES string of the molecule is COCCN(C(=O)c1ccc(OCc2nccn2C)cc1)c1nc2ccccc2s1. The molecular formula is C22H22N4O3S. The molecule has 0 bridgehead atoms. The zero-order valence-corrected chi connectivity index (χ0v) is 17.6. The molecule has 1 amide bonds. The molecular weight excluding hydrogens is 400 g/mol. The van der Waals surface area contributed by atoms with E-state index in [0.717, 1.165) is 16.0 Å². The highest BCUT2D eigenvalue weighted by atomic mass is 32.1. The van der Waals surface area contributed by atoms with Gasteiger partial charge < -0.3 is 14.0 Å². The van der Waals surface area contributed by atoms with E-state index >= 15 is 0 Å². The van der Waals surface area contributed by atoms with Crippen molar-refractivity contribution in [1.29, 1.82) is 0 Å². The van der Waals surface area contributed by atoms with Crippen LogP contribution in [0.3, 0.4) is 0 Å². The van der Waals surface area contributed by atoms with Crippen LogP contribution in [0.1, 0.15) is 16.2 Å². The minimum atomic E-state index is -0.123. The second kappa shape index (κ2) is 9.06. The van der Waals surface area contributed by atoms with Crippen LogP contribution in [-0.2, 0) is 18.4 Å². The summed E-state index contributed by atoms with van der Waals surface area (Å²) < 4.78 is 13.9. The number of fused-ring (bicyclic) bond motifs is 1. The number of para-hydroxylation sites is 1. The first-order valence-electron chi connectivity index (χ1n) is 9.51. The predicted octanol–water partition coefficient (Wildman–Crippen LogP) is 3.90. The molecule has 0 saturated heterocycles. The molecule has 0 radical (unpaired) electrons. The van der Waals surface area contributed by atoms with E-state index < -0.39 is 0 Å². The minimum absolute atomic E-state index is 0.123. The first-order chi connectivity index (χ1) is 14.7. The van der Waals surface area contributed by atoms with Crippen molar-refractivity contribution in [3.8, 4) is 5.75 Å². The number of anilines is 1. The predicted molar refractivity (Wildman–Crippen MR) is 117 cm³/mol. The number of aromatic nitrogens is 3. The Hall–Kier alpha value is -3.23. The first kappa shape index (κ1) is 20.1. The van der Waals surface area contributed by atoms with Gasteiger partial charge in [0.15, 0.2) is 5.13 Å². The van der Waals surface area contributed by atoms with Crippen LogP contribution >= 0.6 is 11.3 Å². The number of benzene rings is 2. The molecule has 154 valence electrons. The van der Waals surface area contributed by atoms with E-state index in [9.17, 15) is 4.79 Å². The highest BCUT2D eigenvalue weighted by Gasteiger charge is 2.21. The van der Waals surface area contributed by atoms with Crippen molar-refractivity contribution in [2.75, 3.05) is 25.2 Å². The summed E-state index contributed by atoms with van der Waals surface area (Å²) in [5.41, 5.74) is 1.44. The van der Waals surface area contributed by atoms with Gasteiger partial charge in [0.25, 0.3) is 5.91 Å². The highest BCUT2D eigenvalue weighted by molar-refractivity contribution is 7.22. The number of nitrogens with zero attached hydrogens (tertiary/aromatic N) is 4. The normalized spacial score (nSPS) is 11.0. The van der Waals surface area contributed by atoms with Crippen LogP contribution in [0.4, 0.5) is 5.13 Å². The number of hydrogen-bond donors (Lipinski definition) is 0. The summed E-state index contributed by atoms with van der Waals surface area (Å²) >= 11 is 1.49. The third kappa shape index (κ3) is 4.34. The van der Waals surface area contributed by atoms with Gasteiger partial charge >= 0.3 is 0 Å². The van der Waals surface area contributed by atoms with Gasteiger partial charge in [0.05, 0.1) is 23.4 Å². The van der Waals surface area contributed by atoms with Gasteiger partial charge in [-0.05, 0) is 36.4 Å². The number of amides is 1. The van der Waals surface area contributed by atoms with Gasteiger partial charge in [0.1, 0.15) is 18.2 Å². The summed E-state index contributed by atoms with van der Waals surface area (Å²) in [5.74, 6) is 1.39. The van der Waals surface area contributed by atoms with Gasteiger partial charge in [0, 0.05) is 32.1 Å². The molecule has 0 atom stereocenters. The summed E-state index contributed by atoms with van der Waals surface area (Å²) in [4.78, 5) is 23.7. The van der Waals surface area contributed by atoms with Crippen LogP contribution in [0.15, 0.2) is 60.9 Å². The van der Waals surface area contributed by atoms with Crippen LogP contribution in [-0.4, -0.2) is 40.7 Å². The number of thiazole rings is 1. The van der Waals surface area contributed by atoms with Crippen molar-refractivity contribution < 1.29 is 14.3 Å². The van der Waals surface area contributed by atoms with Gasteiger partial charge in [-0.2, -0.15) is 0 Å². The number of carbonyl (C=O) groups excluding carboxylic acids is 1. The molecule has 0 spiro atoms. The standard InChI is InChI=1S/C22H22N4O3S/c1-25-12-11-23-20(25)15-29-17-9-7-16(8-10-17)21(27)26(13-14-28-2)22-24-18-5-3-4-6-19(18)30-22/h3-12H,13-15H2,1-2H3. The summed E-state index contributed by atoms with van der Waals surface area (Å²) in [5, 5.41) is 0.661. The monoisotopic (exact) mass is 422 g/mol. The van der Waals surface area contributed by atoms with Crippen molar-refractivity contribution in [2.24, 2.45) is 7.05 Å². The average molecular weight is 423 g/mol. The molecule has 2 heterocycles. The molecule has 2 aromatic carbocycles. The molecule has 0 saturated carbocycles. The molecule has 30 heavy (non-hydrogen) atoms. The lowest BCUT2D eigenvalue weighted by molar-refractivity contribution is 0.0976. The van der Waals surface area contributed by atoms with Crippen LogP contribution in [0.25, 0.3) is 10.2 Å². The molecule has 0 N–H and O–H groups in total. The summed E-state index contributed by atoms with van der Waals surface area (Å²) in [6.07, 6.45) is 3.61. The van der Waals surface area contributed by atoms with Crippen molar-refractivity contribution in [3.05, 3.63) is 72.3 Å². The van der Waals surface area contributed by atoms with E-state index in [1.807, 2.05) is 42.1 Å². The molecule has 0 aliphatic rings. The maximum Gasteiger partial charge on any atom is 0.260 e. The largest absolute Gasteiger partial charge is 0.486 e. The molecule has 0 fully saturated rings. The Morgan fingerprint density at radius 1 is 1.17 bits per heavy atom. The van der Waals surface area contributed by atoms with Crippen molar-refractivity contribution >= 4 is 32.6 Å². The lowest BCUT2D eigenvalue weighted by Gasteiger charge is -2.19. The fraction of sp³-hybridized carbons (Fsp3) is 0.227. The fourth-order valence-electron chi connectivity index (χ4n) is 2.98. The number of imidazole rings is 1. The third-order valence-electron chi connectivity index (χ3n) is 4.67. The van der Waals surface area contributed by atoms with Crippen LogP contribution in [0, 0.1) is 0 Å². The molecule has 0 unspecified atom stereocenters. The van der Waals surface area contributed by atoms with Gasteiger partial charge in [-0.3, -0.25) is 9.69 Å². The van der Waals surface area contributed by atoms with Crippen molar-refractivity contribution in [1.82, 2.24) is 14.5 Å². The van der Waals surface area contributed by atoms with E-state index in [-0.39, 0.29) is 5.91 Å². The van der Waals surface area contributed by atoms with Gasteiger partial charge in [-0.25, -0.2) is 9.97 Å². The zero-order chi connectivity index (χ0) is 20.9. The summed E-state index contributed by atoms with van der Waals surface area (Å²) in [7, 11) is 3.54. The van der Waals surface area contributed by atoms with Crippen LogP contribution < -0.4 is 9.64 Å². The lowest BCUT2D eigenvalue weighted by Crippen LogP contribution is -2.33. The Morgan fingerprint density at radius 2 is 1.97 bits per heavy atom. The highest BCUT2D eigenvalue weighted by Crippen LogP contribution is 2.29. The van der Waals surface area contributed by atoms with E-state index in [1.54, 1.807) is 42.5 Å². The molecule has 7 nitrogen and oxygen atoms in total. The number of methoxy groups -OCH3 is 1. The number of hydrogen-bond acceptors (Lipinski definition) is 6. The van der Waals surface area contributed by atoms with E-state index in [4.69, 9.17) is 9.47 Å². The second-order valence-electron chi connectivity index (χ2n) is 6.68. The molecule has 0 aliphatic carbocycles. The first-order valence-corrected chi connectivity index (χ1v) is 10.3. The number of carbonyl (C=O) groups is 1. The van der Waals surface area contributed by atoms with Gasteiger partial charge in [0.2, 0.25) is 0 Å². The van der Waals surface area contributed by atoms with E-state index in [2.05, 4.69) is 9.97 Å². The summed E-state index contributed by atoms with van der Waals surface area (Å²) in [6, 6.07) is 15.0. The third-order valence-corrected chi connectivity index (χ3v) is 5.73. The fourth-order valence-corrected chi connectivity index (χ4v) is 3.97. The Labute approximate surface area is 178 Å². The molecule has 4 rings (SSSR count). The smallest absolute Gasteiger partial charge is 0.260 e. The van der Waals surface area contributed by atoms with Crippen LogP contribution in [0.2, 0.25) is 0 Å². The van der Waals surface area contributed by atoms with Crippen molar-refractivity contribution in [2.45, 2.75) is 6.61 Å². The second-order valence-corrected chi connectivity index (χ2v) is 7.69. The zero-order valence-electron chi connectivity index (χ0n) is 16.8. The molecule has 2 aromatic heterocycles. The maximum atomic E-state index is 13.2. The Balaban J connectivity index is 1.51. The van der Waals surface area contributed by atoms with Gasteiger partial charge in [-0.15, -0.1) is 0 Å². The maximum absolute atomic E-state index is 13.2. The molecule has 4 aromatic rings. The van der Waals surface area contributed by atoms with E-state index in [0.29, 0.717) is 36.2 Å². The number of aryl methyl sites for hydroxylation is 1. The number of ether oxygens (including phenoxy) is 2. The topological polar surface area (TPSA) is 69.5 Å². The van der Waals surface area contributed by atoms with Crippen molar-refractivity contribution in [3.63, 3.8) is 0 Å². The molecule has 8 heteroatoms. The minimum Gasteiger partial charge on any atom is -0.486 e. The quantitative estimate of drug-likeness (QED) is 0.431. The van der Waals surface area contributed by atoms with Gasteiger partial charge in [-0.1, -0.05) is 23.5 Å². The van der Waals surface area contributed by atoms with Crippen LogP contribution in [0.5, 0.6) is 5.75 Å². The average Bonchev–Trinajstić information content (AvgIpc) is 3.38. The Kier molecular flexibility index (Phi) is 6.06. The molecule has 0 aliphatic heterocycles. The van der Waals surface area contributed by atoms with E-state index in [1.165, 1.54) is 11.3 Å². The summed E-state index contributed by atoms with van der Waals surface area (Å²) in [6.45, 7) is 1.21.